The summed E-state index contributed by atoms with van der Waals surface area (Å²) in [6.07, 6.45) is 2.94. The Hall–Kier alpha value is -2.21. The van der Waals surface area contributed by atoms with Crippen molar-refractivity contribution < 1.29 is 14.8 Å². The standard InChI is InChI=1S/C14H18N2O4/c1-14(2,18)10-15(3)13(17)9-6-11-4-7-12(8-5-11)16(19)20/h4-9,18H,10H2,1-3H3. The number of hydrogen-bond donors (Lipinski definition) is 1. The Morgan fingerprint density at radius 1 is 1.40 bits per heavy atom. The molecular weight excluding hydrogens is 260 g/mol. The first-order valence-electron chi connectivity index (χ1n) is 6.09. The largest absolute Gasteiger partial charge is 0.389 e. The van der Waals surface area contributed by atoms with Crippen LogP contribution >= 0.6 is 0 Å². The zero-order chi connectivity index (χ0) is 15.3. The Morgan fingerprint density at radius 3 is 2.40 bits per heavy atom. The zero-order valence-corrected chi connectivity index (χ0v) is 11.7. The molecule has 0 aliphatic carbocycles. The lowest BCUT2D eigenvalue weighted by Gasteiger charge is -2.24. The molecule has 0 fully saturated rings. The lowest BCUT2D eigenvalue weighted by molar-refractivity contribution is -0.384. The summed E-state index contributed by atoms with van der Waals surface area (Å²) in [6, 6.07) is 5.89. The fourth-order valence-corrected chi connectivity index (χ4v) is 1.66. The van der Waals surface area contributed by atoms with Gasteiger partial charge in [-0.1, -0.05) is 0 Å². The van der Waals surface area contributed by atoms with Gasteiger partial charge in [-0.2, -0.15) is 0 Å². The van der Waals surface area contributed by atoms with E-state index in [9.17, 15) is 20.0 Å². The second-order valence-corrected chi connectivity index (χ2v) is 5.19. The van der Waals surface area contributed by atoms with Gasteiger partial charge in [0.15, 0.2) is 0 Å². The molecule has 0 spiro atoms. The quantitative estimate of drug-likeness (QED) is 0.506. The molecule has 0 saturated carbocycles. The van der Waals surface area contributed by atoms with Gasteiger partial charge in [0.2, 0.25) is 5.91 Å². The third-order valence-corrected chi connectivity index (χ3v) is 2.52. The second-order valence-electron chi connectivity index (χ2n) is 5.19. The van der Waals surface area contributed by atoms with Crippen molar-refractivity contribution in [3.8, 4) is 0 Å². The maximum Gasteiger partial charge on any atom is 0.269 e. The summed E-state index contributed by atoms with van der Waals surface area (Å²) in [5, 5.41) is 20.1. The molecule has 6 heteroatoms. The lowest BCUT2D eigenvalue weighted by atomic mass is 10.1. The van der Waals surface area contributed by atoms with Crippen LogP contribution in [-0.4, -0.2) is 40.0 Å². The molecule has 0 saturated heterocycles. The molecule has 0 aliphatic heterocycles. The SMILES string of the molecule is CN(CC(C)(C)O)C(=O)C=Cc1ccc([N+](=O)[O-])cc1. The molecule has 1 N–H and O–H groups in total. The van der Waals surface area contributed by atoms with Crippen molar-refractivity contribution in [3.63, 3.8) is 0 Å². The fourth-order valence-electron chi connectivity index (χ4n) is 1.66. The molecule has 0 bridgehead atoms. The van der Waals surface area contributed by atoms with E-state index >= 15 is 0 Å². The maximum absolute atomic E-state index is 11.8. The molecule has 0 unspecified atom stereocenters. The van der Waals surface area contributed by atoms with E-state index in [0.717, 1.165) is 0 Å². The molecule has 20 heavy (non-hydrogen) atoms. The van der Waals surface area contributed by atoms with Crippen LogP contribution in [0, 0.1) is 10.1 Å². The minimum Gasteiger partial charge on any atom is -0.389 e. The molecular formula is C14H18N2O4. The van der Waals surface area contributed by atoms with Crippen molar-refractivity contribution in [2.75, 3.05) is 13.6 Å². The highest BCUT2D eigenvalue weighted by Gasteiger charge is 2.17. The molecule has 6 nitrogen and oxygen atoms in total. The number of nitro groups is 1. The van der Waals surface area contributed by atoms with Gasteiger partial charge in [0.25, 0.3) is 5.69 Å². The second kappa shape index (κ2) is 6.29. The lowest BCUT2D eigenvalue weighted by Crippen LogP contribution is -2.38. The summed E-state index contributed by atoms with van der Waals surface area (Å²) in [7, 11) is 1.60. The first kappa shape index (κ1) is 15.8. The minimum atomic E-state index is -0.953. The first-order chi connectivity index (χ1) is 9.19. The van der Waals surface area contributed by atoms with Crippen molar-refractivity contribution in [1.82, 2.24) is 4.90 Å². The number of carbonyl (C=O) groups excluding carboxylic acids is 1. The predicted octanol–water partition coefficient (Wildman–Crippen LogP) is 1.84. The van der Waals surface area contributed by atoms with Crippen molar-refractivity contribution >= 4 is 17.7 Å². The molecule has 0 aromatic heterocycles. The zero-order valence-electron chi connectivity index (χ0n) is 11.7. The number of nitrogens with zero attached hydrogens (tertiary/aromatic N) is 2. The van der Waals surface area contributed by atoms with Crippen LogP contribution in [0.4, 0.5) is 5.69 Å². The number of aliphatic hydroxyl groups is 1. The Morgan fingerprint density at radius 2 is 1.95 bits per heavy atom. The number of nitro benzene ring substituents is 1. The van der Waals surface area contributed by atoms with Crippen LogP contribution in [0.15, 0.2) is 30.3 Å². The van der Waals surface area contributed by atoms with E-state index in [-0.39, 0.29) is 18.1 Å². The van der Waals surface area contributed by atoms with Crippen LogP contribution in [0.2, 0.25) is 0 Å². The monoisotopic (exact) mass is 278 g/mol. The van der Waals surface area contributed by atoms with E-state index in [1.807, 2.05) is 0 Å². The molecule has 0 radical (unpaired) electrons. The minimum absolute atomic E-state index is 0.00706. The molecule has 1 rings (SSSR count). The van der Waals surface area contributed by atoms with Gasteiger partial charge >= 0.3 is 0 Å². The summed E-state index contributed by atoms with van der Waals surface area (Å²) in [4.78, 5) is 23.2. The van der Waals surface area contributed by atoms with Crippen LogP contribution in [0.5, 0.6) is 0 Å². The molecule has 1 aromatic carbocycles. The maximum atomic E-state index is 11.8. The van der Waals surface area contributed by atoms with Gasteiger partial charge in [0, 0.05) is 31.8 Å². The summed E-state index contributed by atoms with van der Waals surface area (Å²) < 4.78 is 0. The Balaban J connectivity index is 2.67. The normalized spacial score (nSPS) is 11.6. The van der Waals surface area contributed by atoms with Crippen LogP contribution in [0.1, 0.15) is 19.4 Å². The number of amides is 1. The first-order valence-corrected chi connectivity index (χ1v) is 6.09. The van der Waals surface area contributed by atoms with E-state index in [1.54, 1.807) is 39.1 Å². The fraction of sp³-hybridized carbons (Fsp3) is 0.357. The molecule has 0 heterocycles. The van der Waals surface area contributed by atoms with Crippen molar-refractivity contribution in [1.29, 1.82) is 0 Å². The van der Waals surface area contributed by atoms with Gasteiger partial charge in [-0.05, 0) is 37.6 Å². The molecule has 0 aliphatic rings. The van der Waals surface area contributed by atoms with Crippen molar-refractivity contribution in [2.45, 2.75) is 19.4 Å². The highest BCUT2D eigenvalue weighted by Crippen LogP contribution is 2.13. The number of hydrogen-bond acceptors (Lipinski definition) is 4. The average molecular weight is 278 g/mol. The Bertz CT molecular complexity index is 515. The van der Waals surface area contributed by atoms with E-state index in [1.165, 1.54) is 23.1 Å². The molecule has 1 amide bonds. The van der Waals surface area contributed by atoms with Gasteiger partial charge < -0.3 is 10.0 Å². The van der Waals surface area contributed by atoms with E-state index in [4.69, 9.17) is 0 Å². The van der Waals surface area contributed by atoms with Crippen LogP contribution in [0.25, 0.3) is 6.08 Å². The van der Waals surface area contributed by atoms with Gasteiger partial charge in [-0.15, -0.1) is 0 Å². The molecule has 1 aromatic rings. The van der Waals surface area contributed by atoms with Crippen LogP contribution in [-0.2, 0) is 4.79 Å². The number of rotatable bonds is 5. The van der Waals surface area contributed by atoms with Gasteiger partial charge in [0.1, 0.15) is 0 Å². The van der Waals surface area contributed by atoms with E-state index < -0.39 is 10.5 Å². The highest BCUT2D eigenvalue weighted by atomic mass is 16.6. The Kier molecular flexibility index (Phi) is 4.99. The third-order valence-electron chi connectivity index (χ3n) is 2.52. The summed E-state index contributed by atoms with van der Waals surface area (Å²) >= 11 is 0. The summed E-state index contributed by atoms with van der Waals surface area (Å²) in [5.41, 5.74) is -0.251. The Labute approximate surface area is 117 Å². The average Bonchev–Trinajstić information content (AvgIpc) is 2.34. The topological polar surface area (TPSA) is 83.7 Å². The number of benzene rings is 1. The van der Waals surface area contributed by atoms with E-state index in [0.29, 0.717) is 5.56 Å². The predicted molar refractivity (Wildman–Crippen MR) is 76.1 cm³/mol. The number of carbonyl (C=O) groups is 1. The van der Waals surface area contributed by atoms with Gasteiger partial charge in [0.05, 0.1) is 10.5 Å². The van der Waals surface area contributed by atoms with Crippen LogP contribution < -0.4 is 0 Å². The molecule has 0 atom stereocenters. The summed E-state index contributed by atoms with van der Waals surface area (Å²) in [6.45, 7) is 3.46. The number of non-ortho nitro benzene ring substituents is 1. The van der Waals surface area contributed by atoms with Gasteiger partial charge in [-0.3, -0.25) is 14.9 Å². The third kappa shape index (κ3) is 5.19. The van der Waals surface area contributed by atoms with Crippen molar-refractivity contribution in [3.05, 3.63) is 46.0 Å². The van der Waals surface area contributed by atoms with Gasteiger partial charge in [-0.25, -0.2) is 0 Å². The smallest absolute Gasteiger partial charge is 0.269 e. The summed E-state index contributed by atoms with van der Waals surface area (Å²) in [5.74, 6) is -0.245. The number of likely N-dealkylation sites (N-methyl/N-ethyl adjacent to an activating group) is 1. The van der Waals surface area contributed by atoms with Crippen molar-refractivity contribution in [2.24, 2.45) is 0 Å². The molecule has 108 valence electrons. The van der Waals surface area contributed by atoms with E-state index in [2.05, 4.69) is 0 Å². The highest BCUT2D eigenvalue weighted by molar-refractivity contribution is 5.91. The van der Waals surface area contributed by atoms with Crippen LogP contribution in [0.3, 0.4) is 0 Å².